The predicted molar refractivity (Wildman–Crippen MR) is 121 cm³/mol. The van der Waals surface area contributed by atoms with Crippen LogP contribution in [0.2, 0.25) is 0 Å². The van der Waals surface area contributed by atoms with Gasteiger partial charge in [0.05, 0.1) is 24.7 Å². The van der Waals surface area contributed by atoms with E-state index < -0.39 is 22.0 Å². The number of methoxy groups -OCH3 is 2. The summed E-state index contributed by atoms with van der Waals surface area (Å²) in [4.78, 5) is 17.2. The van der Waals surface area contributed by atoms with Crippen molar-refractivity contribution in [1.29, 1.82) is 0 Å². The molecule has 1 aliphatic rings. The van der Waals surface area contributed by atoms with Gasteiger partial charge in [-0.05, 0) is 44.0 Å². The average molecular weight is 488 g/mol. The van der Waals surface area contributed by atoms with Crippen molar-refractivity contribution in [2.75, 3.05) is 20.8 Å². The number of carbonyl (C=O) groups excluding carboxylic acids is 1. The minimum Gasteiger partial charge on any atom is -0.497 e. The standard InChI is InChI=1S/C23H25N3O7S/c1-15-6-9-17(10-7-15)34(28,29)26-12-4-5-19(26)23(27)32-14-21-24-22(25-33-21)18-11-8-16(30-2)13-20(18)31-3/h6-11,13,19H,4-5,12,14H2,1-3H3/t19-/m0/s1. The molecule has 1 saturated heterocycles. The highest BCUT2D eigenvalue weighted by atomic mass is 32.2. The first-order valence-electron chi connectivity index (χ1n) is 10.6. The molecular weight excluding hydrogens is 462 g/mol. The lowest BCUT2D eigenvalue weighted by Gasteiger charge is -2.22. The molecule has 0 spiro atoms. The summed E-state index contributed by atoms with van der Waals surface area (Å²) < 4.78 is 48.4. The summed E-state index contributed by atoms with van der Waals surface area (Å²) in [6.45, 7) is 1.84. The highest BCUT2D eigenvalue weighted by Gasteiger charge is 2.40. The van der Waals surface area contributed by atoms with Crippen LogP contribution in [0.4, 0.5) is 0 Å². The Morgan fingerprint density at radius 2 is 1.91 bits per heavy atom. The molecule has 0 N–H and O–H groups in total. The van der Waals surface area contributed by atoms with Gasteiger partial charge < -0.3 is 18.7 Å². The maximum absolute atomic E-state index is 13.1. The third-order valence-corrected chi connectivity index (χ3v) is 7.48. The Kier molecular flexibility index (Phi) is 6.85. The second-order valence-corrected chi connectivity index (χ2v) is 9.66. The van der Waals surface area contributed by atoms with Gasteiger partial charge in [-0.15, -0.1) is 0 Å². The predicted octanol–water partition coefficient (Wildman–Crippen LogP) is 2.96. The number of hydrogen-bond donors (Lipinski definition) is 0. The van der Waals surface area contributed by atoms with Crippen LogP contribution in [-0.2, 0) is 26.2 Å². The zero-order valence-corrected chi connectivity index (χ0v) is 19.9. The van der Waals surface area contributed by atoms with Crippen molar-refractivity contribution in [3.8, 4) is 22.9 Å². The maximum Gasteiger partial charge on any atom is 0.324 e. The second kappa shape index (κ2) is 9.82. The van der Waals surface area contributed by atoms with Crippen LogP contribution in [-0.4, -0.2) is 55.6 Å². The van der Waals surface area contributed by atoms with Gasteiger partial charge in [-0.1, -0.05) is 22.9 Å². The summed E-state index contributed by atoms with van der Waals surface area (Å²) in [6, 6.07) is 10.8. The summed E-state index contributed by atoms with van der Waals surface area (Å²) in [6.07, 6.45) is 0.939. The molecule has 0 amide bonds. The molecule has 2 aromatic carbocycles. The van der Waals surface area contributed by atoms with Crippen LogP contribution < -0.4 is 9.47 Å². The molecule has 1 aliphatic heterocycles. The molecule has 34 heavy (non-hydrogen) atoms. The largest absolute Gasteiger partial charge is 0.497 e. The van der Waals surface area contributed by atoms with Crippen molar-refractivity contribution in [3.63, 3.8) is 0 Å². The number of aryl methyl sites for hydroxylation is 1. The molecule has 4 rings (SSSR count). The number of esters is 1. The van der Waals surface area contributed by atoms with E-state index in [9.17, 15) is 13.2 Å². The minimum absolute atomic E-state index is 0.0761. The van der Waals surface area contributed by atoms with Gasteiger partial charge in [0, 0.05) is 12.6 Å². The van der Waals surface area contributed by atoms with Gasteiger partial charge in [0.2, 0.25) is 15.8 Å². The SMILES string of the molecule is COc1ccc(-c2noc(COC(=O)[C@@H]3CCCN3S(=O)(=O)c3ccc(C)cc3)n2)c(OC)c1. The van der Waals surface area contributed by atoms with Crippen molar-refractivity contribution in [2.24, 2.45) is 0 Å². The Bertz CT molecular complexity index is 1270. The highest BCUT2D eigenvalue weighted by Crippen LogP contribution is 2.32. The van der Waals surface area contributed by atoms with Gasteiger partial charge in [0.25, 0.3) is 5.89 Å². The number of rotatable bonds is 8. The van der Waals surface area contributed by atoms with Crippen molar-refractivity contribution in [3.05, 3.63) is 53.9 Å². The second-order valence-electron chi connectivity index (χ2n) is 7.77. The molecule has 0 saturated carbocycles. The summed E-state index contributed by atoms with van der Waals surface area (Å²) in [5.74, 6) is 0.781. The lowest BCUT2D eigenvalue weighted by molar-refractivity contribution is -0.149. The molecule has 1 fully saturated rings. The van der Waals surface area contributed by atoms with Gasteiger partial charge in [0.1, 0.15) is 17.5 Å². The topological polar surface area (TPSA) is 121 Å². The fourth-order valence-corrected chi connectivity index (χ4v) is 5.39. The monoisotopic (exact) mass is 487 g/mol. The maximum atomic E-state index is 13.1. The lowest BCUT2D eigenvalue weighted by atomic mass is 10.2. The molecule has 0 radical (unpaired) electrons. The molecule has 11 heteroatoms. The number of aromatic nitrogens is 2. The quantitative estimate of drug-likeness (QED) is 0.441. The number of ether oxygens (including phenoxy) is 3. The van der Waals surface area contributed by atoms with E-state index in [1.165, 1.54) is 11.4 Å². The average Bonchev–Trinajstić information content (AvgIpc) is 3.53. The van der Waals surface area contributed by atoms with E-state index in [0.29, 0.717) is 29.9 Å². The highest BCUT2D eigenvalue weighted by molar-refractivity contribution is 7.89. The molecule has 1 atom stereocenters. The van der Waals surface area contributed by atoms with Crippen LogP contribution in [0.25, 0.3) is 11.4 Å². The van der Waals surface area contributed by atoms with Crippen molar-refractivity contribution < 1.29 is 31.9 Å². The van der Waals surface area contributed by atoms with Crippen LogP contribution in [0, 0.1) is 6.92 Å². The smallest absolute Gasteiger partial charge is 0.324 e. The third kappa shape index (κ3) is 4.75. The van der Waals surface area contributed by atoms with Crippen molar-refractivity contribution in [2.45, 2.75) is 37.3 Å². The Morgan fingerprint density at radius 1 is 1.15 bits per heavy atom. The molecule has 0 aliphatic carbocycles. The Balaban J connectivity index is 1.44. The van der Waals surface area contributed by atoms with Gasteiger partial charge in [-0.25, -0.2) is 8.42 Å². The number of benzene rings is 2. The van der Waals surface area contributed by atoms with E-state index in [1.54, 1.807) is 49.6 Å². The van der Waals surface area contributed by atoms with E-state index >= 15 is 0 Å². The summed E-state index contributed by atoms with van der Waals surface area (Å²) in [5, 5.41) is 3.92. The van der Waals surface area contributed by atoms with E-state index in [4.69, 9.17) is 18.7 Å². The normalized spacial score (nSPS) is 16.4. The van der Waals surface area contributed by atoms with E-state index in [-0.39, 0.29) is 29.8 Å². The van der Waals surface area contributed by atoms with Gasteiger partial charge in [-0.3, -0.25) is 4.79 Å². The molecule has 1 aromatic heterocycles. The first-order chi connectivity index (χ1) is 16.3. The Morgan fingerprint density at radius 3 is 2.62 bits per heavy atom. The van der Waals surface area contributed by atoms with Gasteiger partial charge in [0.15, 0.2) is 6.61 Å². The zero-order valence-electron chi connectivity index (χ0n) is 19.1. The first kappa shape index (κ1) is 23.7. The molecule has 180 valence electrons. The fraction of sp³-hybridized carbons (Fsp3) is 0.348. The summed E-state index contributed by atoms with van der Waals surface area (Å²) in [5.41, 5.74) is 1.53. The molecule has 10 nitrogen and oxygen atoms in total. The number of sulfonamides is 1. The molecule has 0 bridgehead atoms. The number of nitrogens with zero attached hydrogens (tertiary/aromatic N) is 3. The first-order valence-corrected chi connectivity index (χ1v) is 12.1. The number of hydrogen-bond acceptors (Lipinski definition) is 9. The minimum atomic E-state index is -3.82. The van der Waals surface area contributed by atoms with E-state index in [0.717, 1.165) is 5.56 Å². The van der Waals surface area contributed by atoms with Crippen LogP contribution >= 0.6 is 0 Å². The molecule has 0 unspecified atom stereocenters. The van der Waals surface area contributed by atoms with E-state index in [2.05, 4.69) is 10.1 Å². The summed E-state index contributed by atoms with van der Waals surface area (Å²) in [7, 11) is -0.760. The summed E-state index contributed by atoms with van der Waals surface area (Å²) >= 11 is 0. The third-order valence-electron chi connectivity index (χ3n) is 5.56. The zero-order chi connectivity index (χ0) is 24.3. The van der Waals surface area contributed by atoms with Crippen LogP contribution in [0.15, 0.2) is 51.9 Å². The molecular formula is C23H25N3O7S. The molecule has 3 aromatic rings. The molecule has 2 heterocycles. The van der Waals surface area contributed by atoms with Gasteiger partial charge in [-0.2, -0.15) is 9.29 Å². The Hall–Kier alpha value is -3.44. The van der Waals surface area contributed by atoms with Crippen molar-refractivity contribution >= 4 is 16.0 Å². The van der Waals surface area contributed by atoms with Gasteiger partial charge >= 0.3 is 5.97 Å². The lowest BCUT2D eigenvalue weighted by Crippen LogP contribution is -2.41. The van der Waals surface area contributed by atoms with Crippen LogP contribution in [0.5, 0.6) is 11.5 Å². The van der Waals surface area contributed by atoms with Crippen LogP contribution in [0.3, 0.4) is 0 Å². The number of carbonyl (C=O) groups is 1. The van der Waals surface area contributed by atoms with E-state index in [1.807, 2.05) is 6.92 Å². The fourth-order valence-electron chi connectivity index (χ4n) is 3.74. The van der Waals surface area contributed by atoms with Crippen molar-refractivity contribution in [1.82, 2.24) is 14.4 Å². The Labute approximate surface area is 197 Å². The van der Waals surface area contributed by atoms with Crippen LogP contribution in [0.1, 0.15) is 24.3 Å².